The molecule has 0 saturated carbocycles. The number of hydroxylamine groups is 2. The number of carbonyl (C=O) groups excluding carboxylic acids is 2. The minimum Gasteiger partial charge on any atom is -0.391 e. The minimum absolute atomic E-state index is 0.0407. The first-order valence-corrected chi connectivity index (χ1v) is 4.85. The summed E-state index contributed by atoms with van der Waals surface area (Å²) in [5.74, 6) is -1.38. The first-order chi connectivity index (χ1) is 6.63. The van der Waals surface area contributed by atoms with Gasteiger partial charge in [0.2, 0.25) is 0 Å². The van der Waals surface area contributed by atoms with E-state index in [2.05, 4.69) is 4.74 Å². The van der Waals surface area contributed by atoms with Crippen LogP contribution in [0.4, 0.5) is 0 Å². The van der Waals surface area contributed by atoms with E-state index in [0.29, 0.717) is 0 Å². The zero-order valence-electron chi connectivity index (χ0n) is 7.86. The van der Waals surface area contributed by atoms with Gasteiger partial charge in [0.1, 0.15) is 5.92 Å². The van der Waals surface area contributed by atoms with Gasteiger partial charge in [-0.1, -0.05) is 0 Å². The molecule has 0 radical (unpaired) electrons. The molecule has 3 aliphatic rings. The Morgan fingerprint density at radius 2 is 2.29 bits per heavy atom. The summed E-state index contributed by atoms with van der Waals surface area (Å²) in [6.07, 6.45) is 1.92. The van der Waals surface area contributed by atoms with Crippen LogP contribution in [0, 0.1) is 5.92 Å². The highest BCUT2D eigenvalue weighted by Crippen LogP contribution is 2.46. The normalized spacial score (nSPS) is 46.6. The first-order valence-electron chi connectivity index (χ1n) is 4.85. The largest absolute Gasteiger partial charge is 0.391 e. The van der Waals surface area contributed by atoms with Crippen molar-refractivity contribution >= 4 is 11.9 Å². The lowest BCUT2D eigenvalue weighted by molar-refractivity contribution is -0.203. The van der Waals surface area contributed by atoms with Crippen molar-refractivity contribution in [2.24, 2.45) is 5.92 Å². The van der Waals surface area contributed by atoms with Crippen molar-refractivity contribution in [3.63, 3.8) is 0 Å². The topological polar surface area (TPSA) is 55.8 Å². The molecule has 0 aromatic rings. The van der Waals surface area contributed by atoms with E-state index in [9.17, 15) is 9.59 Å². The highest BCUT2D eigenvalue weighted by molar-refractivity contribution is 6.01. The number of hydrogen-bond donors (Lipinski definition) is 0. The van der Waals surface area contributed by atoms with E-state index in [1.165, 1.54) is 0 Å². The van der Waals surface area contributed by atoms with Crippen LogP contribution in [0.2, 0.25) is 0 Å². The monoisotopic (exact) mass is 197 g/mol. The maximum Gasteiger partial charge on any atom is 0.348 e. The van der Waals surface area contributed by atoms with Crippen molar-refractivity contribution in [3.8, 4) is 0 Å². The van der Waals surface area contributed by atoms with Gasteiger partial charge >= 0.3 is 11.9 Å². The molecular weight excluding hydrogens is 186 g/mol. The van der Waals surface area contributed by atoms with Gasteiger partial charge in [0.25, 0.3) is 0 Å². The summed E-state index contributed by atoms with van der Waals surface area (Å²) < 4.78 is 4.61. The predicted octanol–water partition coefficient (Wildman–Crippen LogP) is -0.146. The molecule has 3 atom stereocenters. The second kappa shape index (κ2) is 2.35. The summed E-state index contributed by atoms with van der Waals surface area (Å²) in [5.41, 5.74) is -1.05. The smallest absolute Gasteiger partial charge is 0.348 e. The molecule has 0 N–H and O–H groups in total. The Balaban J connectivity index is 2.03. The lowest BCUT2D eigenvalue weighted by Crippen LogP contribution is -2.38. The van der Waals surface area contributed by atoms with Crippen molar-refractivity contribution in [2.75, 3.05) is 6.54 Å². The van der Waals surface area contributed by atoms with E-state index in [-0.39, 0.29) is 6.04 Å². The quantitative estimate of drug-likeness (QED) is 0.399. The number of carbonyl (C=O) groups is 2. The molecule has 0 amide bonds. The summed E-state index contributed by atoms with van der Waals surface area (Å²) in [6, 6.07) is 0.0407. The van der Waals surface area contributed by atoms with Gasteiger partial charge in [-0.3, -0.25) is 9.63 Å². The molecule has 0 spiro atoms. The number of nitrogens with zero attached hydrogens (tertiary/aromatic N) is 1. The number of cyclic esters (lactones) is 2. The maximum absolute atomic E-state index is 11.5. The van der Waals surface area contributed by atoms with E-state index in [0.717, 1.165) is 19.4 Å². The molecule has 5 heteroatoms. The van der Waals surface area contributed by atoms with Gasteiger partial charge in [0.05, 0.1) is 6.04 Å². The molecule has 76 valence electrons. The summed E-state index contributed by atoms with van der Waals surface area (Å²) >= 11 is 0. The van der Waals surface area contributed by atoms with E-state index in [4.69, 9.17) is 4.84 Å². The zero-order valence-corrected chi connectivity index (χ0v) is 7.86. The minimum atomic E-state index is -1.05. The van der Waals surface area contributed by atoms with Crippen LogP contribution in [-0.4, -0.2) is 35.2 Å². The number of fused-ring (bicyclic) bond motifs is 3. The van der Waals surface area contributed by atoms with Crippen molar-refractivity contribution in [3.05, 3.63) is 0 Å². The third kappa shape index (κ3) is 0.773. The molecule has 3 saturated heterocycles. The molecule has 3 heterocycles. The van der Waals surface area contributed by atoms with Gasteiger partial charge in [0, 0.05) is 6.54 Å². The number of hydrogen-bond acceptors (Lipinski definition) is 5. The Hall–Kier alpha value is -0.940. The first kappa shape index (κ1) is 8.38. The van der Waals surface area contributed by atoms with Crippen LogP contribution in [0.15, 0.2) is 0 Å². The summed E-state index contributed by atoms with van der Waals surface area (Å²) in [7, 11) is 0. The van der Waals surface area contributed by atoms with Crippen LogP contribution >= 0.6 is 0 Å². The lowest BCUT2D eigenvalue weighted by atomic mass is 9.86. The fraction of sp³-hybridized carbons (Fsp3) is 0.778. The van der Waals surface area contributed by atoms with E-state index < -0.39 is 23.5 Å². The Morgan fingerprint density at radius 1 is 1.50 bits per heavy atom. The number of rotatable bonds is 0. The van der Waals surface area contributed by atoms with Gasteiger partial charge in [-0.15, -0.1) is 0 Å². The van der Waals surface area contributed by atoms with E-state index in [1.54, 1.807) is 12.0 Å². The number of esters is 2. The van der Waals surface area contributed by atoms with E-state index in [1.807, 2.05) is 0 Å². The Bertz CT molecular complexity index is 329. The second-order valence-electron chi connectivity index (χ2n) is 4.23. The van der Waals surface area contributed by atoms with Crippen molar-refractivity contribution < 1.29 is 19.2 Å². The SMILES string of the molecule is C[C@]12ON3CCC[C@@H]3[C@H]1C(=O)OC2=O. The van der Waals surface area contributed by atoms with Gasteiger partial charge in [-0.2, -0.15) is 5.06 Å². The molecule has 0 aromatic heterocycles. The third-order valence-corrected chi connectivity index (χ3v) is 3.39. The fourth-order valence-corrected chi connectivity index (χ4v) is 2.68. The summed E-state index contributed by atoms with van der Waals surface area (Å²) in [5, 5.41) is 1.77. The molecule has 3 fully saturated rings. The van der Waals surface area contributed by atoms with Gasteiger partial charge in [0.15, 0.2) is 5.60 Å². The molecule has 3 aliphatic heterocycles. The molecule has 14 heavy (non-hydrogen) atoms. The molecule has 0 aliphatic carbocycles. The summed E-state index contributed by atoms with van der Waals surface area (Å²) in [4.78, 5) is 28.4. The molecule has 3 rings (SSSR count). The highest BCUT2D eigenvalue weighted by Gasteiger charge is 2.66. The van der Waals surface area contributed by atoms with Gasteiger partial charge in [-0.05, 0) is 19.8 Å². The average molecular weight is 197 g/mol. The molecule has 0 aromatic carbocycles. The maximum atomic E-state index is 11.5. The molecule has 5 nitrogen and oxygen atoms in total. The Morgan fingerprint density at radius 3 is 3.07 bits per heavy atom. The van der Waals surface area contributed by atoms with Crippen molar-refractivity contribution in [2.45, 2.75) is 31.4 Å². The molecular formula is C9H11NO4. The zero-order chi connectivity index (χ0) is 9.92. The highest BCUT2D eigenvalue weighted by atomic mass is 16.7. The van der Waals surface area contributed by atoms with Crippen LogP contribution in [0.1, 0.15) is 19.8 Å². The Kier molecular flexibility index (Phi) is 1.41. The van der Waals surface area contributed by atoms with Gasteiger partial charge in [-0.25, -0.2) is 4.79 Å². The average Bonchev–Trinajstić information content (AvgIpc) is 2.65. The van der Waals surface area contributed by atoms with Crippen LogP contribution < -0.4 is 0 Å². The molecule has 0 bridgehead atoms. The van der Waals surface area contributed by atoms with Crippen LogP contribution in [0.5, 0.6) is 0 Å². The van der Waals surface area contributed by atoms with Crippen LogP contribution in [0.25, 0.3) is 0 Å². The Labute approximate surface area is 80.9 Å². The van der Waals surface area contributed by atoms with Crippen molar-refractivity contribution in [1.29, 1.82) is 0 Å². The van der Waals surface area contributed by atoms with E-state index >= 15 is 0 Å². The molecule has 0 unspecified atom stereocenters. The van der Waals surface area contributed by atoms with Crippen LogP contribution in [-0.2, 0) is 19.2 Å². The van der Waals surface area contributed by atoms with Gasteiger partial charge < -0.3 is 4.74 Å². The van der Waals surface area contributed by atoms with Crippen molar-refractivity contribution in [1.82, 2.24) is 5.06 Å². The standard InChI is InChI=1S/C9H11NO4/c1-9-6(7(11)13-8(9)12)5-3-2-4-10(5)14-9/h5-6H,2-4H2,1H3/t5-,6+,9+/m1/s1. The number of ether oxygens (including phenoxy) is 1. The lowest BCUT2D eigenvalue weighted by Gasteiger charge is -2.17. The van der Waals surface area contributed by atoms with Crippen LogP contribution in [0.3, 0.4) is 0 Å². The summed E-state index contributed by atoms with van der Waals surface area (Å²) in [6.45, 7) is 2.44. The predicted molar refractivity (Wildman–Crippen MR) is 43.8 cm³/mol. The second-order valence-corrected chi connectivity index (χ2v) is 4.23. The fourth-order valence-electron chi connectivity index (χ4n) is 2.68. The third-order valence-electron chi connectivity index (χ3n) is 3.39.